The van der Waals surface area contributed by atoms with E-state index in [1.165, 1.54) is 13.0 Å². The highest BCUT2D eigenvalue weighted by Gasteiger charge is 2.22. The lowest BCUT2D eigenvalue weighted by atomic mass is 10.2. The molecule has 0 heterocycles. The molecule has 0 amide bonds. The molecule has 0 atom stereocenters. The second kappa shape index (κ2) is 11.0. The third-order valence-electron chi connectivity index (χ3n) is 2.18. The summed E-state index contributed by atoms with van der Waals surface area (Å²) in [6.45, 7) is 7.31. The predicted molar refractivity (Wildman–Crippen MR) is 80.4 cm³/mol. The minimum absolute atomic E-state index is 0.00462. The summed E-state index contributed by atoms with van der Waals surface area (Å²) in [6, 6.07) is 3.21. The SMILES string of the molecule is C=C/C=C(\C#N)C(=O)OCOC(=O)/C(=C/C(=C)C#N)C(=O)OCC. The molecule has 0 unspecified atom stereocenters. The Morgan fingerprint density at radius 2 is 1.62 bits per heavy atom. The molecule has 0 aliphatic heterocycles. The Hall–Kier alpha value is -3.65. The minimum Gasteiger partial charge on any atom is -0.462 e. The number of ether oxygens (including phenoxy) is 3. The van der Waals surface area contributed by atoms with Gasteiger partial charge in [0.1, 0.15) is 17.2 Å². The van der Waals surface area contributed by atoms with Crippen molar-refractivity contribution in [2.24, 2.45) is 0 Å². The topological polar surface area (TPSA) is 126 Å². The van der Waals surface area contributed by atoms with Crippen LogP contribution in [0.25, 0.3) is 0 Å². The summed E-state index contributed by atoms with van der Waals surface area (Å²) in [5.74, 6) is -3.23. The first-order valence-electron chi connectivity index (χ1n) is 6.46. The molecule has 0 spiro atoms. The summed E-state index contributed by atoms with van der Waals surface area (Å²) in [7, 11) is 0. The van der Waals surface area contributed by atoms with Crippen LogP contribution in [-0.4, -0.2) is 31.3 Å². The van der Waals surface area contributed by atoms with Crippen molar-refractivity contribution in [2.45, 2.75) is 6.92 Å². The number of carbonyl (C=O) groups excluding carboxylic acids is 3. The maximum absolute atomic E-state index is 11.8. The Bertz CT molecular complexity index is 688. The van der Waals surface area contributed by atoms with E-state index < -0.39 is 30.3 Å². The third kappa shape index (κ3) is 6.87. The lowest BCUT2D eigenvalue weighted by Crippen LogP contribution is -2.21. The normalized spacial score (nSPS) is 10.6. The van der Waals surface area contributed by atoms with Gasteiger partial charge in [0.2, 0.25) is 6.79 Å². The van der Waals surface area contributed by atoms with Gasteiger partial charge in [0.05, 0.1) is 12.7 Å². The smallest absolute Gasteiger partial charge is 0.351 e. The van der Waals surface area contributed by atoms with E-state index in [2.05, 4.69) is 27.4 Å². The molecule has 8 nitrogen and oxygen atoms in total. The van der Waals surface area contributed by atoms with Gasteiger partial charge < -0.3 is 14.2 Å². The number of esters is 3. The first kappa shape index (κ1) is 20.3. The summed E-state index contributed by atoms with van der Waals surface area (Å²) < 4.78 is 13.8. The van der Waals surface area contributed by atoms with Crippen molar-refractivity contribution in [2.75, 3.05) is 13.4 Å². The minimum atomic E-state index is -1.18. The van der Waals surface area contributed by atoms with Gasteiger partial charge in [0, 0.05) is 5.57 Å². The number of nitrogens with zero attached hydrogens (tertiary/aromatic N) is 2. The maximum Gasteiger partial charge on any atom is 0.351 e. The van der Waals surface area contributed by atoms with Gasteiger partial charge >= 0.3 is 17.9 Å². The second-order valence-electron chi connectivity index (χ2n) is 3.82. The molecule has 0 aromatic heterocycles. The Morgan fingerprint density at radius 1 is 1.04 bits per heavy atom. The first-order valence-corrected chi connectivity index (χ1v) is 6.46. The molecule has 0 aromatic rings. The van der Waals surface area contributed by atoms with E-state index in [4.69, 9.17) is 10.5 Å². The zero-order valence-electron chi connectivity index (χ0n) is 12.9. The highest BCUT2D eigenvalue weighted by Crippen LogP contribution is 2.07. The number of hydrogen-bond acceptors (Lipinski definition) is 8. The predicted octanol–water partition coefficient (Wildman–Crippen LogP) is 1.24. The van der Waals surface area contributed by atoms with E-state index in [1.807, 2.05) is 0 Å². The average Bonchev–Trinajstić information content (AvgIpc) is 2.56. The Labute approximate surface area is 138 Å². The fourth-order valence-electron chi connectivity index (χ4n) is 1.18. The van der Waals surface area contributed by atoms with Gasteiger partial charge in [-0.15, -0.1) is 0 Å². The molecule has 0 aliphatic rings. The molecule has 0 N–H and O–H groups in total. The molecule has 0 rings (SSSR count). The van der Waals surface area contributed by atoms with Gasteiger partial charge in [0.15, 0.2) is 0 Å². The number of rotatable bonds is 8. The van der Waals surface area contributed by atoms with Crippen molar-refractivity contribution in [3.63, 3.8) is 0 Å². The van der Waals surface area contributed by atoms with Crippen LogP contribution in [0.3, 0.4) is 0 Å². The van der Waals surface area contributed by atoms with Crippen LogP contribution in [0, 0.1) is 22.7 Å². The maximum atomic E-state index is 11.8. The fourth-order valence-corrected chi connectivity index (χ4v) is 1.18. The molecule has 124 valence electrons. The molecule has 0 saturated heterocycles. The van der Waals surface area contributed by atoms with Gasteiger partial charge in [-0.05, 0) is 19.1 Å². The molecule has 0 fully saturated rings. The van der Waals surface area contributed by atoms with Crippen LogP contribution in [0.2, 0.25) is 0 Å². The highest BCUT2D eigenvalue weighted by atomic mass is 16.7. The zero-order valence-corrected chi connectivity index (χ0v) is 12.9. The van der Waals surface area contributed by atoms with Crippen LogP contribution in [0.15, 0.2) is 48.1 Å². The number of carbonyl (C=O) groups is 3. The molecule has 0 saturated carbocycles. The fraction of sp³-hybridized carbons (Fsp3) is 0.188. The largest absolute Gasteiger partial charge is 0.462 e. The molecule has 24 heavy (non-hydrogen) atoms. The number of nitriles is 2. The highest BCUT2D eigenvalue weighted by molar-refractivity contribution is 6.14. The monoisotopic (exact) mass is 330 g/mol. The van der Waals surface area contributed by atoms with Gasteiger partial charge in [-0.25, -0.2) is 14.4 Å². The molecule has 0 bridgehead atoms. The lowest BCUT2D eigenvalue weighted by molar-refractivity contribution is -0.162. The Balaban J connectivity index is 4.93. The van der Waals surface area contributed by atoms with Crippen molar-refractivity contribution >= 4 is 17.9 Å². The van der Waals surface area contributed by atoms with Crippen molar-refractivity contribution in [1.82, 2.24) is 0 Å². The lowest BCUT2D eigenvalue weighted by Gasteiger charge is -2.08. The summed E-state index contributed by atoms with van der Waals surface area (Å²) in [4.78, 5) is 34.9. The molecule has 8 heteroatoms. The summed E-state index contributed by atoms with van der Waals surface area (Å²) in [5.41, 5.74) is -1.10. The van der Waals surface area contributed by atoms with Crippen LogP contribution in [0.4, 0.5) is 0 Å². The van der Waals surface area contributed by atoms with E-state index in [0.717, 1.165) is 12.2 Å². The molecular formula is C16H14N2O6. The quantitative estimate of drug-likeness (QED) is 0.124. The Kier molecular flexibility index (Phi) is 9.32. The van der Waals surface area contributed by atoms with Crippen LogP contribution in [0.1, 0.15) is 6.92 Å². The number of hydrogen-bond donors (Lipinski definition) is 0. The van der Waals surface area contributed by atoms with Crippen LogP contribution in [0.5, 0.6) is 0 Å². The first-order chi connectivity index (χ1) is 11.4. The van der Waals surface area contributed by atoms with Crippen LogP contribution >= 0.6 is 0 Å². The van der Waals surface area contributed by atoms with E-state index in [0.29, 0.717) is 0 Å². The van der Waals surface area contributed by atoms with Crippen molar-refractivity contribution in [3.05, 3.63) is 48.1 Å². The van der Waals surface area contributed by atoms with Gasteiger partial charge in [0.25, 0.3) is 0 Å². The van der Waals surface area contributed by atoms with E-state index >= 15 is 0 Å². The average molecular weight is 330 g/mol. The number of allylic oxidation sites excluding steroid dienone is 4. The Morgan fingerprint density at radius 3 is 2.12 bits per heavy atom. The van der Waals surface area contributed by atoms with Gasteiger partial charge in [-0.2, -0.15) is 10.5 Å². The molecule has 0 aromatic carbocycles. The van der Waals surface area contributed by atoms with Crippen molar-refractivity contribution in [3.8, 4) is 12.1 Å². The van der Waals surface area contributed by atoms with Crippen LogP contribution in [-0.2, 0) is 28.6 Å². The molecular weight excluding hydrogens is 316 g/mol. The summed E-state index contributed by atoms with van der Waals surface area (Å²) >= 11 is 0. The van der Waals surface area contributed by atoms with E-state index in [-0.39, 0.29) is 17.8 Å². The third-order valence-corrected chi connectivity index (χ3v) is 2.18. The molecule has 0 radical (unpaired) electrons. The van der Waals surface area contributed by atoms with E-state index in [1.54, 1.807) is 12.1 Å². The zero-order chi connectivity index (χ0) is 18.5. The van der Waals surface area contributed by atoms with Gasteiger partial charge in [-0.1, -0.05) is 19.2 Å². The standard InChI is InChI=1S/C16H14N2O6/c1-4-6-12(9-18)14(19)23-10-24-16(21)13(7-11(3)8-17)15(20)22-5-2/h4,6-7H,1,3,5,10H2,2H3/b12-6+,13-7+. The van der Waals surface area contributed by atoms with Crippen molar-refractivity contribution < 1.29 is 28.6 Å². The van der Waals surface area contributed by atoms with E-state index in [9.17, 15) is 14.4 Å². The summed E-state index contributed by atoms with van der Waals surface area (Å²) in [5, 5.41) is 17.3. The van der Waals surface area contributed by atoms with Crippen molar-refractivity contribution in [1.29, 1.82) is 10.5 Å². The second-order valence-corrected chi connectivity index (χ2v) is 3.82. The summed E-state index contributed by atoms with van der Waals surface area (Å²) in [6.07, 6.45) is 3.21. The van der Waals surface area contributed by atoms with Gasteiger partial charge in [-0.3, -0.25) is 0 Å². The molecule has 0 aliphatic carbocycles. The van der Waals surface area contributed by atoms with Crippen LogP contribution < -0.4 is 0 Å².